The molecule has 4 heteroatoms. The molecule has 0 aliphatic carbocycles. The van der Waals surface area contributed by atoms with E-state index >= 15 is 0 Å². The zero-order chi connectivity index (χ0) is 14.4. The van der Waals surface area contributed by atoms with E-state index in [1.165, 1.54) is 24.8 Å². The number of hydrogen-bond donors (Lipinski definition) is 1. The standard InChI is InChI=1S/C16H23N3O/c1-3-4-5-6-10-19-16(15(12-20)17-18-19)14-9-7-8-13(2)11-14/h7-9,11,20H,3-6,10,12H2,1-2H3. The Balaban J connectivity index is 2.23. The highest BCUT2D eigenvalue weighted by Gasteiger charge is 2.14. The number of aromatic nitrogens is 3. The summed E-state index contributed by atoms with van der Waals surface area (Å²) in [5.74, 6) is 0. The largest absolute Gasteiger partial charge is 0.390 e. The number of aryl methyl sites for hydroxylation is 2. The molecule has 108 valence electrons. The van der Waals surface area contributed by atoms with Crippen LogP contribution in [-0.2, 0) is 13.2 Å². The maximum Gasteiger partial charge on any atom is 0.116 e. The summed E-state index contributed by atoms with van der Waals surface area (Å²) >= 11 is 0. The first-order valence-corrected chi connectivity index (χ1v) is 7.36. The van der Waals surface area contributed by atoms with Crippen molar-refractivity contribution in [3.63, 3.8) is 0 Å². The van der Waals surface area contributed by atoms with Crippen LogP contribution in [0.3, 0.4) is 0 Å². The predicted molar refractivity (Wildman–Crippen MR) is 80.3 cm³/mol. The maximum atomic E-state index is 9.46. The topological polar surface area (TPSA) is 50.9 Å². The van der Waals surface area contributed by atoms with Gasteiger partial charge >= 0.3 is 0 Å². The van der Waals surface area contributed by atoms with E-state index in [-0.39, 0.29) is 6.61 Å². The molecule has 1 N–H and O–H groups in total. The van der Waals surface area contributed by atoms with Crippen molar-refractivity contribution in [3.05, 3.63) is 35.5 Å². The number of rotatable bonds is 7. The SMILES string of the molecule is CCCCCCn1nnc(CO)c1-c1cccc(C)c1. The van der Waals surface area contributed by atoms with Crippen LogP contribution in [0.15, 0.2) is 24.3 Å². The van der Waals surface area contributed by atoms with Crippen molar-refractivity contribution in [1.82, 2.24) is 15.0 Å². The van der Waals surface area contributed by atoms with Crippen LogP contribution in [-0.4, -0.2) is 20.1 Å². The number of benzene rings is 1. The molecular formula is C16H23N3O. The van der Waals surface area contributed by atoms with Crippen molar-refractivity contribution >= 4 is 0 Å². The fraction of sp³-hybridized carbons (Fsp3) is 0.500. The third-order valence-corrected chi connectivity index (χ3v) is 3.47. The van der Waals surface area contributed by atoms with Crippen molar-refractivity contribution < 1.29 is 5.11 Å². The molecular weight excluding hydrogens is 250 g/mol. The summed E-state index contributed by atoms with van der Waals surface area (Å²) in [7, 11) is 0. The van der Waals surface area contributed by atoms with Gasteiger partial charge in [0.1, 0.15) is 5.69 Å². The maximum absolute atomic E-state index is 9.46. The van der Waals surface area contributed by atoms with Crippen molar-refractivity contribution in [2.24, 2.45) is 0 Å². The molecule has 0 saturated carbocycles. The summed E-state index contributed by atoms with van der Waals surface area (Å²) in [6, 6.07) is 8.26. The van der Waals surface area contributed by atoms with Gasteiger partial charge in [-0.1, -0.05) is 55.2 Å². The molecule has 2 rings (SSSR count). The summed E-state index contributed by atoms with van der Waals surface area (Å²) in [4.78, 5) is 0. The normalized spacial score (nSPS) is 10.9. The minimum atomic E-state index is -0.0712. The van der Waals surface area contributed by atoms with Crippen LogP contribution in [0.1, 0.15) is 43.9 Å². The Morgan fingerprint density at radius 2 is 2.05 bits per heavy atom. The Morgan fingerprint density at radius 1 is 1.20 bits per heavy atom. The molecule has 2 aromatic rings. The van der Waals surface area contributed by atoms with Gasteiger partial charge in [0.05, 0.1) is 12.3 Å². The quantitative estimate of drug-likeness (QED) is 0.787. The van der Waals surface area contributed by atoms with E-state index in [0.29, 0.717) is 5.69 Å². The van der Waals surface area contributed by atoms with E-state index in [0.717, 1.165) is 24.2 Å². The van der Waals surface area contributed by atoms with Crippen LogP contribution in [0.4, 0.5) is 0 Å². The van der Waals surface area contributed by atoms with Gasteiger partial charge in [-0.2, -0.15) is 0 Å². The molecule has 0 bridgehead atoms. The van der Waals surface area contributed by atoms with E-state index in [4.69, 9.17) is 0 Å². The molecule has 0 saturated heterocycles. The van der Waals surface area contributed by atoms with E-state index < -0.39 is 0 Å². The lowest BCUT2D eigenvalue weighted by atomic mass is 10.1. The molecule has 0 aliphatic rings. The second-order valence-electron chi connectivity index (χ2n) is 5.20. The van der Waals surface area contributed by atoms with Gasteiger partial charge < -0.3 is 5.11 Å². The highest BCUT2D eigenvalue weighted by atomic mass is 16.3. The first kappa shape index (κ1) is 14.7. The fourth-order valence-corrected chi connectivity index (χ4v) is 2.41. The molecule has 0 fully saturated rings. The highest BCUT2D eigenvalue weighted by molar-refractivity contribution is 5.62. The average Bonchev–Trinajstić information content (AvgIpc) is 2.86. The highest BCUT2D eigenvalue weighted by Crippen LogP contribution is 2.23. The van der Waals surface area contributed by atoms with Gasteiger partial charge in [-0.3, -0.25) is 0 Å². The van der Waals surface area contributed by atoms with Crippen molar-refractivity contribution in [2.75, 3.05) is 0 Å². The van der Waals surface area contributed by atoms with Crippen LogP contribution in [0.25, 0.3) is 11.3 Å². The molecule has 0 amide bonds. The lowest BCUT2D eigenvalue weighted by Crippen LogP contribution is -2.03. The van der Waals surface area contributed by atoms with Crippen LogP contribution < -0.4 is 0 Å². The molecule has 0 aliphatic heterocycles. The van der Waals surface area contributed by atoms with Gasteiger partial charge in [0.15, 0.2) is 0 Å². The molecule has 0 spiro atoms. The van der Waals surface area contributed by atoms with Gasteiger partial charge in [0.2, 0.25) is 0 Å². The van der Waals surface area contributed by atoms with Gasteiger partial charge in [0, 0.05) is 12.1 Å². The number of nitrogens with zero attached hydrogens (tertiary/aromatic N) is 3. The van der Waals surface area contributed by atoms with Crippen LogP contribution in [0.2, 0.25) is 0 Å². The predicted octanol–water partition coefficient (Wildman–Crippen LogP) is 3.33. The molecule has 0 radical (unpaired) electrons. The van der Waals surface area contributed by atoms with Gasteiger partial charge in [-0.25, -0.2) is 4.68 Å². The molecule has 20 heavy (non-hydrogen) atoms. The Bertz CT molecular complexity index is 548. The molecule has 4 nitrogen and oxygen atoms in total. The Kier molecular flexibility index (Phi) is 5.30. The third-order valence-electron chi connectivity index (χ3n) is 3.47. The number of hydrogen-bond acceptors (Lipinski definition) is 3. The number of aliphatic hydroxyl groups excluding tert-OH is 1. The fourth-order valence-electron chi connectivity index (χ4n) is 2.41. The molecule has 0 atom stereocenters. The second kappa shape index (κ2) is 7.20. The van der Waals surface area contributed by atoms with Gasteiger partial charge in [0.25, 0.3) is 0 Å². The minimum Gasteiger partial charge on any atom is -0.390 e. The molecule has 1 aromatic heterocycles. The number of aliphatic hydroxyl groups is 1. The first-order chi connectivity index (χ1) is 9.76. The van der Waals surface area contributed by atoms with Gasteiger partial charge in [-0.05, 0) is 19.4 Å². The zero-order valence-corrected chi connectivity index (χ0v) is 12.3. The number of unbranched alkanes of at least 4 members (excludes halogenated alkanes) is 3. The Hall–Kier alpha value is -1.68. The second-order valence-corrected chi connectivity index (χ2v) is 5.20. The first-order valence-electron chi connectivity index (χ1n) is 7.36. The van der Waals surface area contributed by atoms with E-state index in [1.54, 1.807) is 0 Å². The van der Waals surface area contributed by atoms with Crippen molar-refractivity contribution in [3.8, 4) is 11.3 Å². The summed E-state index contributed by atoms with van der Waals surface area (Å²) in [5, 5.41) is 17.8. The van der Waals surface area contributed by atoms with Crippen LogP contribution >= 0.6 is 0 Å². The zero-order valence-electron chi connectivity index (χ0n) is 12.3. The van der Waals surface area contributed by atoms with E-state index in [1.807, 2.05) is 16.8 Å². The summed E-state index contributed by atoms with van der Waals surface area (Å²) < 4.78 is 1.93. The van der Waals surface area contributed by atoms with Crippen molar-refractivity contribution in [2.45, 2.75) is 52.7 Å². The Labute approximate surface area is 120 Å². The Morgan fingerprint density at radius 3 is 2.75 bits per heavy atom. The molecule has 1 aromatic carbocycles. The smallest absolute Gasteiger partial charge is 0.116 e. The third kappa shape index (κ3) is 3.45. The molecule has 0 unspecified atom stereocenters. The summed E-state index contributed by atoms with van der Waals surface area (Å²) in [6.45, 7) is 5.06. The van der Waals surface area contributed by atoms with Crippen molar-refractivity contribution in [1.29, 1.82) is 0 Å². The lowest BCUT2D eigenvalue weighted by Gasteiger charge is -2.08. The monoisotopic (exact) mass is 273 g/mol. The van der Waals surface area contributed by atoms with E-state index in [2.05, 4.69) is 36.3 Å². The lowest BCUT2D eigenvalue weighted by molar-refractivity contribution is 0.277. The van der Waals surface area contributed by atoms with E-state index in [9.17, 15) is 5.11 Å². The van der Waals surface area contributed by atoms with Gasteiger partial charge in [-0.15, -0.1) is 5.10 Å². The minimum absolute atomic E-state index is 0.0712. The van der Waals surface area contributed by atoms with Crippen LogP contribution in [0, 0.1) is 6.92 Å². The van der Waals surface area contributed by atoms with Crippen LogP contribution in [0.5, 0.6) is 0 Å². The summed E-state index contributed by atoms with van der Waals surface area (Å²) in [6.07, 6.45) is 4.78. The summed E-state index contributed by atoms with van der Waals surface area (Å²) in [5.41, 5.74) is 3.89. The average molecular weight is 273 g/mol. The molecule has 1 heterocycles.